The van der Waals surface area contributed by atoms with Crippen LogP contribution in [0.2, 0.25) is 5.15 Å². The molecule has 134 valence electrons. The fourth-order valence-electron chi connectivity index (χ4n) is 3.65. The summed E-state index contributed by atoms with van der Waals surface area (Å²) in [6.07, 6.45) is 5.18. The van der Waals surface area contributed by atoms with Crippen LogP contribution in [0.25, 0.3) is 10.9 Å². The van der Waals surface area contributed by atoms with Crippen molar-refractivity contribution in [1.29, 1.82) is 0 Å². The summed E-state index contributed by atoms with van der Waals surface area (Å²) in [6.45, 7) is 0.675. The molecule has 0 amide bonds. The molecule has 1 aromatic heterocycles. The first-order valence-corrected chi connectivity index (χ1v) is 9.51. The normalized spacial score (nSPS) is 14.7. The molecular weight excluding hydrogens is 344 g/mol. The first-order chi connectivity index (χ1) is 12.7. The van der Waals surface area contributed by atoms with Crippen LogP contribution in [0.5, 0.6) is 0 Å². The fourth-order valence-corrected chi connectivity index (χ4v) is 3.84. The molecule has 0 aliphatic heterocycles. The Morgan fingerprint density at radius 3 is 2.73 bits per heavy atom. The molecule has 3 aromatic rings. The molecule has 4 rings (SSSR count). The molecule has 0 atom stereocenters. The number of nitrogen functional groups attached to an aromatic ring is 1. The van der Waals surface area contributed by atoms with Crippen molar-refractivity contribution in [2.75, 3.05) is 16.4 Å². The first-order valence-electron chi connectivity index (χ1n) is 9.14. The van der Waals surface area contributed by atoms with E-state index in [0.29, 0.717) is 23.4 Å². The zero-order valence-corrected chi connectivity index (χ0v) is 15.4. The molecule has 0 unspecified atom stereocenters. The van der Waals surface area contributed by atoms with Gasteiger partial charge in [0.1, 0.15) is 0 Å². The van der Waals surface area contributed by atoms with Crippen molar-refractivity contribution >= 4 is 39.6 Å². The second kappa shape index (κ2) is 7.42. The summed E-state index contributed by atoms with van der Waals surface area (Å²) in [5.74, 6) is 0. The third kappa shape index (κ3) is 3.56. The zero-order valence-electron chi connectivity index (χ0n) is 14.6. The molecule has 0 saturated heterocycles. The van der Waals surface area contributed by atoms with E-state index in [2.05, 4.69) is 39.9 Å². The van der Waals surface area contributed by atoms with E-state index in [4.69, 9.17) is 17.3 Å². The third-order valence-electron chi connectivity index (χ3n) is 5.01. The van der Waals surface area contributed by atoms with Gasteiger partial charge in [-0.25, -0.2) is 4.98 Å². The maximum absolute atomic E-state index is 6.21. The second-order valence-electron chi connectivity index (χ2n) is 6.89. The Morgan fingerprint density at radius 1 is 1.08 bits per heavy atom. The van der Waals surface area contributed by atoms with Crippen LogP contribution in [0, 0.1) is 0 Å². The molecule has 1 aliphatic carbocycles. The summed E-state index contributed by atoms with van der Waals surface area (Å²) < 4.78 is 0. The van der Waals surface area contributed by atoms with Crippen LogP contribution in [0.3, 0.4) is 0 Å². The molecule has 0 bridgehead atoms. The molecule has 4 nitrogen and oxygen atoms in total. The number of hydrogen-bond donors (Lipinski definition) is 3. The number of para-hydroxylation sites is 1. The fraction of sp³-hybridized carbons (Fsp3) is 0.286. The van der Waals surface area contributed by atoms with Crippen LogP contribution in [0.1, 0.15) is 31.2 Å². The summed E-state index contributed by atoms with van der Waals surface area (Å²) in [5.41, 5.74) is 10.7. The van der Waals surface area contributed by atoms with Crippen molar-refractivity contribution in [2.45, 2.75) is 38.3 Å². The van der Waals surface area contributed by atoms with Crippen molar-refractivity contribution in [1.82, 2.24) is 4.98 Å². The minimum atomic E-state index is 0.336. The Balaban J connectivity index is 1.54. The van der Waals surface area contributed by atoms with Gasteiger partial charge in [-0.05, 0) is 36.6 Å². The lowest BCUT2D eigenvalue weighted by Crippen LogP contribution is -2.14. The van der Waals surface area contributed by atoms with Gasteiger partial charge in [0.2, 0.25) is 0 Å². The predicted octanol–water partition coefficient (Wildman–Crippen LogP) is 5.44. The van der Waals surface area contributed by atoms with Crippen LogP contribution in [-0.2, 0) is 6.54 Å². The number of aromatic nitrogens is 1. The Hall–Kier alpha value is -2.46. The molecule has 5 heteroatoms. The van der Waals surface area contributed by atoms with E-state index in [1.165, 1.54) is 36.9 Å². The highest BCUT2D eigenvalue weighted by Crippen LogP contribution is 2.33. The highest BCUT2D eigenvalue weighted by atomic mass is 35.5. The van der Waals surface area contributed by atoms with Gasteiger partial charge in [-0.15, -0.1) is 0 Å². The smallest absolute Gasteiger partial charge is 0.154 e. The highest BCUT2D eigenvalue weighted by Gasteiger charge is 2.14. The summed E-state index contributed by atoms with van der Waals surface area (Å²) in [7, 11) is 0. The Labute approximate surface area is 158 Å². The van der Waals surface area contributed by atoms with Crippen LogP contribution < -0.4 is 16.4 Å². The van der Waals surface area contributed by atoms with Crippen LogP contribution in [-0.4, -0.2) is 11.0 Å². The van der Waals surface area contributed by atoms with Gasteiger partial charge in [-0.3, -0.25) is 0 Å². The van der Waals surface area contributed by atoms with Gasteiger partial charge in [0.25, 0.3) is 0 Å². The number of anilines is 3. The van der Waals surface area contributed by atoms with Gasteiger partial charge in [-0.2, -0.15) is 0 Å². The van der Waals surface area contributed by atoms with E-state index < -0.39 is 0 Å². The number of pyridine rings is 1. The van der Waals surface area contributed by atoms with Crippen molar-refractivity contribution < 1.29 is 0 Å². The van der Waals surface area contributed by atoms with Gasteiger partial charge in [0.05, 0.1) is 16.9 Å². The number of hydrogen-bond acceptors (Lipinski definition) is 4. The van der Waals surface area contributed by atoms with E-state index in [1.54, 1.807) is 0 Å². The second-order valence-corrected chi connectivity index (χ2v) is 7.25. The van der Waals surface area contributed by atoms with E-state index in [1.807, 2.05) is 24.3 Å². The van der Waals surface area contributed by atoms with E-state index in [9.17, 15) is 0 Å². The van der Waals surface area contributed by atoms with Crippen LogP contribution >= 0.6 is 11.6 Å². The van der Waals surface area contributed by atoms with Gasteiger partial charge >= 0.3 is 0 Å². The quantitative estimate of drug-likeness (QED) is 0.526. The SMILES string of the molecule is Nc1c(Cl)nc2ccccc2c1NCc1cccc(NC2CCCC2)c1. The molecule has 1 aliphatic rings. The maximum Gasteiger partial charge on any atom is 0.154 e. The minimum absolute atomic E-state index is 0.336. The number of nitrogens with two attached hydrogens (primary N) is 1. The number of halogens is 1. The third-order valence-corrected chi connectivity index (χ3v) is 5.29. The van der Waals surface area contributed by atoms with E-state index in [0.717, 1.165) is 16.6 Å². The number of nitrogens with one attached hydrogen (secondary N) is 2. The summed E-state index contributed by atoms with van der Waals surface area (Å²) in [5, 5.41) is 8.42. The zero-order chi connectivity index (χ0) is 17.9. The van der Waals surface area contributed by atoms with Crippen molar-refractivity contribution in [3.8, 4) is 0 Å². The number of benzene rings is 2. The lowest BCUT2D eigenvalue weighted by Gasteiger charge is -2.16. The van der Waals surface area contributed by atoms with Crippen LogP contribution in [0.15, 0.2) is 48.5 Å². The van der Waals surface area contributed by atoms with Gasteiger partial charge in [-0.1, -0.05) is 54.8 Å². The van der Waals surface area contributed by atoms with Crippen LogP contribution in [0.4, 0.5) is 17.1 Å². The lowest BCUT2D eigenvalue weighted by molar-refractivity contribution is 0.755. The molecule has 4 N–H and O–H groups in total. The average Bonchev–Trinajstić information content (AvgIpc) is 3.15. The Morgan fingerprint density at radius 2 is 1.88 bits per heavy atom. The first kappa shape index (κ1) is 17.0. The predicted molar refractivity (Wildman–Crippen MR) is 111 cm³/mol. The lowest BCUT2D eigenvalue weighted by atomic mass is 10.1. The Kier molecular flexibility index (Phi) is 4.85. The van der Waals surface area contributed by atoms with Crippen molar-refractivity contribution in [3.05, 3.63) is 59.2 Å². The molecule has 0 radical (unpaired) electrons. The average molecular weight is 367 g/mol. The maximum atomic E-state index is 6.21. The van der Waals surface area contributed by atoms with Gasteiger partial charge < -0.3 is 16.4 Å². The van der Waals surface area contributed by atoms with E-state index in [-0.39, 0.29) is 0 Å². The Bertz CT molecular complexity index is 919. The number of nitrogens with zero attached hydrogens (tertiary/aromatic N) is 1. The summed E-state index contributed by atoms with van der Waals surface area (Å²) in [4.78, 5) is 4.35. The number of fused-ring (bicyclic) bond motifs is 1. The summed E-state index contributed by atoms with van der Waals surface area (Å²) >= 11 is 6.21. The molecule has 1 fully saturated rings. The molecule has 2 aromatic carbocycles. The monoisotopic (exact) mass is 366 g/mol. The molecule has 1 heterocycles. The highest BCUT2D eigenvalue weighted by molar-refractivity contribution is 6.33. The molecule has 26 heavy (non-hydrogen) atoms. The minimum Gasteiger partial charge on any atom is -0.395 e. The largest absolute Gasteiger partial charge is 0.395 e. The topological polar surface area (TPSA) is 63.0 Å². The van der Waals surface area contributed by atoms with Crippen molar-refractivity contribution in [3.63, 3.8) is 0 Å². The van der Waals surface area contributed by atoms with Gasteiger partial charge in [0.15, 0.2) is 5.15 Å². The van der Waals surface area contributed by atoms with Gasteiger partial charge in [0, 0.05) is 23.7 Å². The molecular formula is C21H23ClN4. The molecule has 0 spiro atoms. The molecule has 1 saturated carbocycles. The van der Waals surface area contributed by atoms with Crippen molar-refractivity contribution in [2.24, 2.45) is 0 Å². The number of rotatable bonds is 5. The standard InChI is InChI=1S/C21H23ClN4/c22-21-19(23)20(17-10-3-4-11-18(17)26-21)24-13-14-6-5-9-16(12-14)25-15-7-1-2-8-15/h3-6,9-12,15,25H,1-2,7-8,13,23H2,(H,24,26). The summed E-state index contributed by atoms with van der Waals surface area (Å²) in [6, 6.07) is 17.0. The van der Waals surface area contributed by atoms with E-state index >= 15 is 0 Å².